The third-order valence-corrected chi connectivity index (χ3v) is 6.06. The second kappa shape index (κ2) is 14.5. The first-order chi connectivity index (χ1) is 16.8. The highest BCUT2D eigenvalue weighted by molar-refractivity contribution is 6.18. The number of allylic oxidation sites excluding steroid dienone is 2. The maximum atomic E-state index is 13.2. The summed E-state index contributed by atoms with van der Waals surface area (Å²) in [4.78, 5) is 37.1. The van der Waals surface area contributed by atoms with E-state index in [2.05, 4.69) is 12.2 Å². The van der Waals surface area contributed by atoms with Gasteiger partial charge >= 0.3 is 11.9 Å². The van der Waals surface area contributed by atoms with Crippen LogP contribution in [0.4, 0.5) is 5.69 Å². The van der Waals surface area contributed by atoms with E-state index in [1.165, 1.54) is 43.9 Å². The summed E-state index contributed by atoms with van der Waals surface area (Å²) in [5, 5.41) is 14.5. The van der Waals surface area contributed by atoms with Crippen LogP contribution in [0.25, 0.3) is 0 Å². The molecule has 8 nitrogen and oxygen atoms in total. The second-order valence-electron chi connectivity index (χ2n) is 8.57. The predicted octanol–water partition coefficient (Wildman–Crippen LogP) is 5.91. The Hall–Kier alpha value is -2.87. The monoisotopic (exact) mass is 506 g/mol. The Morgan fingerprint density at radius 3 is 2.11 bits per heavy atom. The molecule has 1 unspecified atom stereocenters. The van der Waals surface area contributed by atoms with E-state index in [1.807, 2.05) is 0 Å². The number of carbonyl (C=O) groups is 2. The third-order valence-electron chi connectivity index (χ3n) is 5.91. The smallest absolute Gasteiger partial charge is 0.336 e. The Kier molecular flexibility index (Phi) is 11.8. The molecule has 9 heteroatoms. The average molecular weight is 507 g/mol. The van der Waals surface area contributed by atoms with Gasteiger partial charge in [-0.3, -0.25) is 10.1 Å². The van der Waals surface area contributed by atoms with E-state index in [0.717, 1.165) is 19.3 Å². The first-order valence-corrected chi connectivity index (χ1v) is 12.7. The molecule has 1 aromatic carbocycles. The Morgan fingerprint density at radius 1 is 0.971 bits per heavy atom. The summed E-state index contributed by atoms with van der Waals surface area (Å²) in [6, 6.07) is 5.92. The van der Waals surface area contributed by atoms with Crippen molar-refractivity contribution >= 4 is 29.2 Å². The standard InChI is InChI=1S/C26H35ClN2O6/c1-4-5-6-7-8-9-10-15-34-25(30)22-18(2)28-19(3)23(26(31)35-16-14-27)24(22)20-12-11-13-21(17-20)29(32)33/h11-13,17,24,28H,4-10,14-16H2,1-3H3. The van der Waals surface area contributed by atoms with Gasteiger partial charge < -0.3 is 14.8 Å². The fraction of sp³-hybridized carbons (Fsp3) is 0.538. The van der Waals surface area contributed by atoms with Crippen molar-refractivity contribution in [3.05, 3.63) is 62.5 Å². The fourth-order valence-electron chi connectivity index (χ4n) is 4.20. The average Bonchev–Trinajstić information content (AvgIpc) is 2.83. The van der Waals surface area contributed by atoms with E-state index >= 15 is 0 Å². The number of dihydropyridines is 1. The van der Waals surface area contributed by atoms with Gasteiger partial charge in [0.25, 0.3) is 5.69 Å². The van der Waals surface area contributed by atoms with Gasteiger partial charge in [0.2, 0.25) is 0 Å². The molecule has 0 saturated heterocycles. The van der Waals surface area contributed by atoms with Crippen molar-refractivity contribution in [2.45, 2.75) is 71.6 Å². The van der Waals surface area contributed by atoms with E-state index in [0.29, 0.717) is 17.0 Å². The maximum Gasteiger partial charge on any atom is 0.336 e. The van der Waals surface area contributed by atoms with Gasteiger partial charge in [-0.15, -0.1) is 11.6 Å². The van der Waals surface area contributed by atoms with E-state index in [-0.39, 0.29) is 35.9 Å². The molecule has 1 heterocycles. The number of halogens is 1. The van der Waals surface area contributed by atoms with Crippen LogP contribution in [0.15, 0.2) is 46.8 Å². The molecule has 0 fully saturated rings. The molecule has 35 heavy (non-hydrogen) atoms. The summed E-state index contributed by atoms with van der Waals surface area (Å²) in [6.07, 6.45) is 7.62. The first-order valence-electron chi connectivity index (χ1n) is 12.1. The van der Waals surface area contributed by atoms with Crippen LogP contribution in [-0.4, -0.2) is 36.0 Å². The minimum absolute atomic E-state index is 0.000438. The molecular weight excluding hydrogens is 472 g/mol. The van der Waals surface area contributed by atoms with Crippen LogP contribution in [0.5, 0.6) is 0 Å². The van der Waals surface area contributed by atoms with Gasteiger partial charge in [0.15, 0.2) is 0 Å². The molecule has 2 rings (SSSR count). The molecule has 0 amide bonds. The number of hydrogen-bond acceptors (Lipinski definition) is 7. The number of nitrogens with one attached hydrogen (secondary N) is 1. The van der Waals surface area contributed by atoms with Crippen molar-refractivity contribution in [3.8, 4) is 0 Å². The number of esters is 2. The zero-order chi connectivity index (χ0) is 25.8. The van der Waals surface area contributed by atoms with Gasteiger partial charge in [0.05, 0.1) is 34.5 Å². The number of nitro groups is 1. The Balaban J connectivity index is 2.27. The lowest BCUT2D eigenvalue weighted by Crippen LogP contribution is -2.32. The van der Waals surface area contributed by atoms with Crippen molar-refractivity contribution in [2.24, 2.45) is 0 Å². The molecule has 0 aliphatic carbocycles. The molecular formula is C26H35ClN2O6. The highest BCUT2D eigenvalue weighted by Crippen LogP contribution is 2.40. The SMILES string of the molecule is CCCCCCCCCOC(=O)C1=C(C)NC(C)=C(C(=O)OCCCl)C1c1cccc([N+](=O)[O-])c1. The van der Waals surface area contributed by atoms with E-state index in [9.17, 15) is 19.7 Å². The summed E-state index contributed by atoms with van der Waals surface area (Å²) >= 11 is 5.68. The molecule has 1 atom stereocenters. The van der Waals surface area contributed by atoms with Gasteiger partial charge in [0.1, 0.15) is 6.61 Å². The quantitative estimate of drug-likeness (QED) is 0.110. The minimum Gasteiger partial charge on any atom is -0.462 e. The van der Waals surface area contributed by atoms with Crippen molar-refractivity contribution < 1.29 is 24.0 Å². The van der Waals surface area contributed by atoms with E-state index < -0.39 is 22.8 Å². The lowest BCUT2D eigenvalue weighted by molar-refractivity contribution is -0.384. The number of hydrogen-bond donors (Lipinski definition) is 1. The zero-order valence-corrected chi connectivity index (χ0v) is 21.5. The van der Waals surface area contributed by atoms with Crippen molar-refractivity contribution in [2.75, 3.05) is 19.1 Å². The minimum atomic E-state index is -0.875. The van der Waals surface area contributed by atoms with Crippen molar-refractivity contribution in [3.63, 3.8) is 0 Å². The highest BCUT2D eigenvalue weighted by atomic mass is 35.5. The number of alkyl halides is 1. The summed E-state index contributed by atoms with van der Waals surface area (Å²) in [5.74, 6) is -1.96. The van der Waals surface area contributed by atoms with Crippen LogP contribution in [0.3, 0.4) is 0 Å². The Bertz CT molecular complexity index is 972. The molecule has 1 aliphatic rings. The molecule has 192 valence electrons. The predicted molar refractivity (Wildman–Crippen MR) is 135 cm³/mol. The van der Waals surface area contributed by atoms with Crippen molar-refractivity contribution in [1.29, 1.82) is 0 Å². The number of unbranched alkanes of at least 4 members (excludes halogenated alkanes) is 6. The van der Waals surface area contributed by atoms with Crippen LogP contribution < -0.4 is 5.32 Å². The van der Waals surface area contributed by atoms with Gasteiger partial charge in [-0.1, -0.05) is 57.6 Å². The van der Waals surface area contributed by atoms with Crippen LogP contribution in [0.2, 0.25) is 0 Å². The topological polar surface area (TPSA) is 108 Å². The van der Waals surface area contributed by atoms with Gasteiger partial charge in [-0.05, 0) is 25.8 Å². The molecule has 0 radical (unpaired) electrons. The third kappa shape index (κ3) is 8.09. The molecule has 0 bridgehead atoms. The fourth-order valence-corrected chi connectivity index (χ4v) is 4.27. The molecule has 1 N–H and O–H groups in total. The zero-order valence-electron chi connectivity index (χ0n) is 20.7. The second-order valence-corrected chi connectivity index (χ2v) is 8.95. The number of carbonyl (C=O) groups excluding carboxylic acids is 2. The Morgan fingerprint density at radius 2 is 1.54 bits per heavy atom. The largest absolute Gasteiger partial charge is 0.462 e. The molecule has 1 aliphatic heterocycles. The van der Waals surface area contributed by atoms with Gasteiger partial charge in [0, 0.05) is 23.5 Å². The normalized spacial score (nSPS) is 15.6. The molecule has 0 saturated carbocycles. The molecule has 1 aromatic rings. The Labute approximate surface area is 211 Å². The van der Waals surface area contributed by atoms with Gasteiger partial charge in [-0.25, -0.2) is 9.59 Å². The number of nitro benzene ring substituents is 1. The molecule has 0 spiro atoms. The lowest BCUT2D eigenvalue weighted by Gasteiger charge is -2.30. The van der Waals surface area contributed by atoms with E-state index in [4.69, 9.17) is 21.1 Å². The van der Waals surface area contributed by atoms with E-state index in [1.54, 1.807) is 19.9 Å². The maximum absolute atomic E-state index is 13.2. The van der Waals surface area contributed by atoms with Gasteiger partial charge in [-0.2, -0.15) is 0 Å². The molecule has 0 aromatic heterocycles. The number of nitrogens with zero attached hydrogens (tertiary/aromatic N) is 1. The summed E-state index contributed by atoms with van der Waals surface area (Å²) < 4.78 is 10.9. The van der Waals surface area contributed by atoms with Crippen molar-refractivity contribution in [1.82, 2.24) is 5.32 Å². The number of ether oxygens (including phenoxy) is 2. The summed E-state index contributed by atoms with van der Waals surface area (Å²) in [5.41, 5.74) is 1.75. The first kappa shape index (κ1) is 28.4. The van der Waals surface area contributed by atoms with Crippen LogP contribution >= 0.6 is 11.6 Å². The van der Waals surface area contributed by atoms with Crippen LogP contribution in [0, 0.1) is 10.1 Å². The summed E-state index contributed by atoms with van der Waals surface area (Å²) in [7, 11) is 0. The number of rotatable bonds is 14. The lowest BCUT2D eigenvalue weighted by atomic mass is 9.80. The van der Waals surface area contributed by atoms with Crippen LogP contribution in [0.1, 0.15) is 77.2 Å². The summed E-state index contributed by atoms with van der Waals surface area (Å²) in [6.45, 7) is 5.86. The van der Waals surface area contributed by atoms with Crippen LogP contribution in [-0.2, 0) is 19.1 Å². The number of non-ortho nitro benzene ring substituents is 1. The number of benzene rings is 1. The highest BCUT2D eigenvalue weighted by Gasteiger charge is 2.38.